The molecule has 0 aliphatic rings. The van der Waals surface area contributed by atoms with Gasteiger partial charge in [-0.15, -0.1) is 0 Å². The maximum absolute atomic E-state index is 14.2. The van der Waals surface area contributed by atoms with E-state index < -0.39 is 5.82 Å². The highest BCUT2D eigenvalue weighted by Gasteiger charge is 2.15. The van der Waals surface area contributed by atoms with Crippen LogP contribution in [-0.4, -0.2) is 19.2 Å². The van der Waals surface area contributed by atoms with Crippen LogP contribution in [0.2, 0.25) is 0 Å². The summed E-state index contributed by atoms with van der Waals surface area (Å²) >= 11 is 3.22. The maximum Gasteiger partial charge on any atom is 0.162 e. The molecule has 25 heavy (non-hydrogen) atoms. The number of hydrogen-bond donors (Lipinski definition) is 1. The SMILES string of the molecule is COc1cc2ncc(C#N)c(Nc3ccc(Br)cc3F)c2cc1OC. The van der Waals surface area contributed by atoms with E-state index in [2.05, 4.69) is 32.3 Å². The second kappa shape index (κ2) is 6.95. The Kier molecular flexibility index (Phi) is 4.72. The van der Waals surface area contributed by atoms with Gasteiger partial charge in [0.05, 0.1) is 36.7 Å². The van der Waals surface area contributed by atoms with E-state index in [0.29, 0.717) is 38.1 Å². The fourth-order valence-electron chi connectivity index (χ4n) is 2.46. The van der Waals surface area contributed by atoms with Gasteiger partial charge >= 0.3 is 0 Å². The molecule has 0 aliphatic carbocycles. The first-order valence-electron chi connectivity index (χ1n) is 7.24. The van der Waals surface area contributed by atoms with Crippen molar-refractivity contribution < 1.29 is 13.9 Å². The van der Waals surface area contributed by atoms with Gasteiger partial charge in [-0.25, -0.2) is 4.39 Å². The van der Waals surface area contributed by atoms with E-state index >= 15 is 0 Å². The van der Waals surface area contributed by atoms with Crippen molar-refractivity contribution in [1.29, 1.82) is 5.26 Å². The lowest BCUT2D eigenvalue weighted by Crippen LogP contribution is -2.00. The normalized spacial score (nSPS) is 10.4. The zero-order valence-corrected chi connectivity index (χ0v) is 15.0. The van der Waals surface area contributed by atoms with Crippen LogP contribution < -0.4 is 14.8 Å². The number of halogens is 2. The predicted octanol–water partition coefficient (Wildman–Crippen LogP) is 4.77. The smallest absolute Gasteiger partial charge is 0.162 e. The number of nitrogens with zero attached hydrogens (tertiary/aromatic N) is 2. The second-order valence-corrected chi connectivity index (χ2v) is 6.05. The molecule has 1 N–H and O–H groups in total. The molecule has 5 nitrogen and oxygen atoms in total. The summed E-state index contributed by atoms with van der Waals surface area (Å²) in [5.41, 5.74) is 1.59. The van der Waals surface area contributed by atoms with Gasteiger partial charge in [0.2, 0.25) is 0 Å². The lowest BCUT2D eigenvalue weighted by molar-refractivity contribution is 0.356. The van der Waals surface area contributed by atoms with E-state index in [-0.39, 0.29) is 5.69 Å². The molecule has 7 heteroatoms. The molecule has 126 valence electrons. The first-order chi connectivity index (χ1) is 12.1. The average molecular weight is 402 g/mol. The third kappa shape index (κ3) is 3.21. The Hall–Kier alpha value is -2.85. The van der Waals surface area contributed by atoms with Crippen LogP contribution in [-0.2, 0) is 0 Å². The minimum Gasteiger partial charge on any atom is -0.493 e. The molecule has 0 aliphatic heterocycles. The van der Waals surface area contributed by atoms with Crippen molar-refractivity contribution >= 4 is 38.2 Å². The number of rotatable bonds is 4. The zero-order chi connectivity index (χ0) is 18.0. The molecular formula is C18H13BrFN3O2. The number of fused-ring (bicyclic) bond motifs is 1. The summed E-state index contributed by atoms with van der Waals surface area (Å²) in [6.45, 7) is 0. The highest BCUT2D eigenvalue weighted by molar-refractivity contribution is 9.10. The first kappa shape index (κ1) is 17.0. The summed E-state index contributed by atoms with van der Waals surface area (Å²) < 4.78 is 25.4. The van der Waals surface area contributed by atoms with E-state index in [1.54, 1.807) is 24.3 Å². The largest absolute Gasteiger partial charge is 0.493 e. The third-order valence-corrected chi connectivity index (χ3v) is 4.18. The maximum atomic E-state index is 14.2. The molecule has 1 heterocycles. The molecule has 0 saturated carbocycles. The number of pyridine rings is 1. The molecule has 0 spiro atoms. The van der Waals surface area contributed by atoms with Crippen LogP contribution in [0.25, 0.3) is 10.9 Å². The molecule has 0 atom stereocenters. The Morgan fingerprint density at radius 1 is 1.16 bits per heavy atom. The minimum atomic E-state index is -0.441. The first-order valence-corrected chi connectivity index (χ1v) is 8.03. The number of anilines is 2. The van der Waals surface area contributed by atoms with Gasteiger partial charge < -0.3 is 14.8 Å². The van der Waals surface area contributed by atoms with Crippen LogP contribution in [0.3, 0.4) is 0 Å². The van der Waals surface area contributed by atoms with Crippen LogP contribution in [0, 0.1) is 17.1 Å². The fraction of sp³-hybridized carbons (Fsp3) is 0.111. The van der Waals surface area contributed by atoms with Gasteiger partial charge in [-0.05, 0) is 24.3 Å². The van der Waals surface area contributed by atoms with Gasteiger partial charge in [0.15, 0.2) is 11.5 Å². The number of hydrogen-bond acceptors (Lipinski definition) is 5. The van der Waals surface area contributed by atoms with Gasteiger partial charge in [0.25, 0.3) is 0 Å². The van der Waals surface area contributed by atoms with E-state index in [9.17, 15) is 9.65 Å². The average Bonchev–Trinajstić information content (AvgIpc) is 2.62. The van der Waals surface area contributed by atoms with E-state index in [1.807, 2.05) is 0 Å². The Morgan fingerprint density at radius 3 is 2.52 bits per heavy atom. The van der Waals surface area contributed by atoms with Gasteiger partial charge in [-0.2, -0.15) is 5.26 Å². The predicted molar refractivity (Wildman–Crippen MR) is 96.9 cm³/mol. The van der Waals surface area contributed by atoms with Crippen molar-refractivity contribution in [1.82, 2.24) is 4.98 Å². The molecule has 0 saturated heterocycles. The standard InChI is InChI=1S/C18H13BrFN3O2/c1-24-16-6-12-15(7-17(16)25-2)22-9-10(8-21)18(12)23-14-4-3-11(19)5-13(14)20/h3-7,9H,1-2H3,(H,22,23). The van der Waals surface area contributed by atoms with E-state index in [0.717, 1.165) is 0 Å². The molecule has 0 fully saturated rings. The Balaban J connectivity index is 2.22. The number of aromatic nitrogens is 1. The number of ether oxygens (including phenoxy) is 2. The highest BCUT2D eigenvalue weighted by Crippen LogP contribution is 2.37. The van der Waals surface area contributed by atoms with Crippen molar-refractivity contribution in [2.75, 3.05) is 19.5 Å². The molecule has 3 aromatic rings. The summed E-state index contributed by atoms with van der Waals surface area (Å²) in [7, 11) is 3.05. The molecule has 3 rings (SSSR count). The van der Waals surface area contributed by atoms with Crippen LogP contribution in [0.15, 0.2) is 41.0 Å². The lowest BCUT2D eigenvalue weighted by atomic mass is 10.1. The molecular weight excluding hydrogens is 389 g/mol. The molecule has 0 unspecified atom stereocenters. The van der Waals surface area contributed by atoms with E-state index in [4.69, 9.17) is 9.47 Å². The molecule has 1 aromatic heterocycles. The summed E-state index contributed by atoms with van der Waals surface area (Å²) in [6, 6.07) is 10.1. The highest BCUT2D eigenvalue weighted by atomic mass is 79.9. The number of benzene rings is 2. The van der Waals surface area contributed by atoms with Crippen molar-refractivity contribution in [3.63, 3.8) is 0 Å². The molecule has 2 aromatic carbocycles. The van der Waals surface area contributed by atoms with Gasteiger partial charge in [-0.1, -0.05) is 15.9 Å². The van der Waals surface area contributed by atoms with Crippen LogP contribution in [0.4, 0.5) is 15.8 Å². The Labute approximate surface area is 152 Å². The van der Waals surface area contributed by atoms with Crippen molar-refractivity contribution in [3.05, 3.63) is 52.4 Å². The monoisotopic (exact) mass is 401 g/mol. The topological polar surface area (TPSA) is 67.2 Å². The second-order valence-electron chi connectivity index (χ2n) is 5.13. The van der Waals surface area contributed by atoms with E-state index in [1.165, 1.54) is 26.5 Å². The molecule has 0 bridgehead atoms. The van der Waals surface area contributed by atoms with Gasteiger partial charge in [0, 0.05) is 22.1 Å². The van der Waals surface area contributed by atoms with Gasteiger partial charge in [-0.3, -0.25) is 4.98 Å². The summed E-state index contributed by atoms with van der Waals surface area (Å²) in [5.74, 6) is 0.572. The molecule has 0 amide bonds. The zero-order valence-electron chi connectivity index (χ0n) is 13.4. The molecule has 0 radical (unpaired) electrons. The van der Waals surface area contributed by atoms with Crippen LogP contribution in [0.1, 0.15) is 5.56 Å². The van der Waals surface area contributed by atoms with Gasteiger partial charge in [0.1, 0.15) is 11.9 Å². The number of methoxy groups -OCH3 is 2. The van der Waals surface area contributed by atoms with Crippen molar-refractivity contribution in [2.45, 2.75) is 0 Å². The minimum absolute atomic E-state index is 0.252. The lowest BCUT2D eigenvalue weighted by Gasteiger charge is -2.14. The van der Waals surface area contributed by atoms with Crippen molar-refractivity contribution in [2.24, 2.45) is 0 Å². The number of nitrogens with one attached hydrogen (secondary N) is 1. The van der Waals surface area contributed by atoms with Crippen molar-refractivity contribution in [3.8, 4) is 17.6 Å². The van der Waals surface area contributed by atoms with Crippen LogP contribution >= 0.6 is 15.9 Å². The third-order valence-electron chi connectivity index (χ3n) is 3.68. The summed E-state index contributed by atoms with van der Waals surface area (Å²) in [5, 5.41) is 13.0. The summed E-state index contributed by atoms with van der Waals surface area (Å²) in [6.07, 6.45) is 1.44. The fourth-order valence-corrected chi connectivity index (χ4v) is 2.80. The van der Waals surface area contributed by atoms with Crippen LogP contribution in [0.5, 0.6) is 11.5 Å². The quantitative estimate of drug-likeness (QED) is 0.681. The Bertz CT molecular complexity index is 1000. The Morgan fingerprint density at radius 2 is 1.88 bits per heavy atom. The summed E-state index contributed by atoms with van der Waals surface area (Å²) in [4.78, 5) is 4.28. The number of nitriles is 1.